The first-order chi connectivity index (χ1) is 14.3. The van der Waals surface area contributed by atoms with Crippen molar-refractivity contribution in [2.75, 3.05) is 5.32 Å². The highest BCUT2D eigenvalue weighted by Gasteiger charge is 2.30. The summed E-state index contributed by atoms with van der Waals surface area (Å²) in [5.41, 5.74) is 1.60. The maximum absolute atomic E-state index is 12.5. The summed E-state index contributed by atoms with van der Waals surface area (Å²) in [5, 5.41) is 22.3. The number of ether oxygens (including phenoxy) is 1. The molecule has 2 amide bonds. The van der Waals surface area contributed by atoms with Gasteiger partial charge in [0.15, 0.2) is 12.1 Å². The Kier molecular flexibility index (Phi) is 6.39. The Morgan fingerprint density at radius 1 is 1.30 bits per heavy atom. The van der Waals surface area contributed by atoms with Crippen molar-refractivity contribution in [2.24, 2.45) is 0 Å². The molecular weight excluding hydrogens is 388 g/mol. The van der Waals surface area contributed by atoms with Crippen molar-refractivity contribution in [2.45, 2.75) is 58.1 Å². The molecule has 4 N–H and O–H groups in total. The molecule has 0 radical (unpaired) electrons. The number of aromatic hydroxyl groups is 1. The number of anilines is 1. The number of hydrogen-bond donors (Lipinski definition) is 4. The number of hydrogen-bond acceptors (Lipinski definition) is 6. The largest absolute Gasteiger partial charge is 0.507 e. The summed E-state index contributed by atoms with van der Waals surface area (Å²) < 4.78 is 5.44. The fourth-order valence-corrected chi connectivity index (χ4v) is 3.58. The Morgan fingerprint density at radius 2 is 2.07 bits per heavy atom. The lowest BCUT2D eigenvalue weighted by molar-refractivity contribution is 0.0979. The quantitative estimate of drug-likeness (QED) is 0.536. The highest BCUT2D eigenvalue weighted by atomic mass is 16.6. The van der Waals surface area contributed by atoms with Crippen molar-refractivity contribution in [3.05, 3.63) is 40.6 Å². The molecule has 9 heteroatoms. The topological polar surface area (TPSA) is 133 Å². The zero-order valence-electron chi connectivity index (χ0n) is 17.2. The van der Waals surface area contributed by atoms with E-state index in [0.717, 1.165) is 18.5 Å². The fraction of sp³-hybridized carbons (Fsp3) is 0.429. The molecule has 3 rings (SSSR count). The summed E-state index contributed by atoms with van der Waals surface area (Å²) in [6.45, 7) is 5.36. The number of amides is 2. The first-order valence-corrected chi connectivity index (χ1v) is 9.89. The number of nitrogens with zero attached hydrogens (tertiary/aromatic N) is 1. The van der Waals surface area contributed by atoms with Gasteiger partial charge in [-0.3, -0.25) is 14.7 Å². The van der Waals surface area contributed by atoms with E-state index in [0.29, 0.717) is 24.1 Å². The third kappa shape index (κ3) is 4.97. The number of nitrogens with one attached hydrogen (secondary N) is 3. The highest BCUT2D eigenvalue weighted by molar-refractivity contribution is 6.05. The molecule has 2 atom stereocenters. The molecule has 1 heterocycles. The van der Waals surface area contributed by atoms with Crippen LogP contribution in [0, 0.1) is 6.92 Å². The van der Waals surface area contributed by atoms with Gasteiger partial charge >= 0.3 is 6.09 Å². The van der Waals surface area contributed by atoms with Gasteiger partial charge in [0.2, 0.25) is 0 Å². The number of carbonyl (C=O) groups excluding carboxylic acids is 3. The van der Waals surface area contributed by atoms with Crippen molar-refractivity contribution in [3.8, 4) is 5.75 Å². The van der Waals surface area contributed by atoms with Gasteiger partial charge in [0.25, 0.3) is 5.91 Å². The van der Waals surface area contributed by atoms with Crippen LogP contribution in [0.15, 0.2) is 18.2 Å². The predicted octanol–water partition coefficient (Wildman–Crippen LogP) is 3.26. The van der Waals surface area contributed by atoms with Gasteiger partial charge in [-0.15, -0.1) is 0 Å². The lowest BCUT2D eigenvalue weighted by atomic mass is 10.0. The van der Waals surface area contributed by atoms with Crippen molar-refractivity contribution >= 4 is 24.1 Å². The van der Waals surface area contributed by atoms with Gasteiger partial charge in [0.1, 0.15) is 11.9 Å². The Bertz CT molecular complexity index is 953. The number of alkyl carbamates (subject to hydrolysis) is 1. The van der Waals surface area contributed by atoms with E-state index >= 15 is 0 Å². The molecule has 0 unspecified atom stereocenters. The molecule has 1 saturated carbocycles. The standard InChI is InChI=1S/C21H26N4O5/c1-11(2)22-21(29)30-16-5-4-13(8-16)17-9-18(25-24-17)23-20(28)14-6-12(3)19(27)15(7-14)10-26/h6-7,9-11,13,16,27H,4-5,8H2,1-3H3,(H,22,29)(H2,23,24,25,28)/t13-,16+/m0/s1. The van der Waals surface area contributed by atoms with Gasteiger partial charge in [-0.2, -0.15) is 5.10 Å². The maximum Gasteiger partial charge on any atom is 0.407 e. The number of aldehydes is 1. The molecule has 30 heavy (non-hydrogen) atoms. The predicted molar refractivity (Wildman–Crippen MR) is 110 cm³/mol. The van der Waals surface area contributed by atoms with E-state index < -0.39 is 12.0 Å². The molecule has 1 aliphatic rings. The average Bonchev–Trinajstić information content (AvgIpc) is 3.32. The van der Waals surface area contributed by atoms with Crippen molar-refractivity contribution in [1.29, 1.82) is 0 Å². The zero-order valence-corrected chi connectivity index (χ0v) is 17.2. The smallest absolute Gasteiger partial charge is 0.407 e. The van der Waals surface area contributed by atoms with Crippen LogP contribution in [-0.2, 0) is 4.74 Å². The number of phenolic OH excluding ortho intramolecular Hbond substituents is 1. The molecule has 2 aromatic rings. The van der Waals surface area contributed by atoms with Gasteiger partial charge < -0.3 is 20.5 Å². The number of benzene rings is 1. The van der Waals surface area contributed by atoms with Crippen LogP contribution in [0.5, 0.6) is 5.75 Å². The van der Waals surface area contributed by atoms with Gasteiger partial charge in [-0.1, -0.05) is 0 Å². The van der Waals surface area contributed by atoms with E-state index in [9.17, 15) is 19.5 Å². The second-order valence-corrected chi connectivity index (χ2v) is 7.85. The summed E-state index contributed by atoms with van der Waals surface area (Å²) in [6.07, 6.45) is 2.23. The minimum absolute atomic E-state index is 0.0217. The normalized spacial score (nSPS) is 18.3. The van der Waals surface area contributed by atoms with Gasteiger partial charge in [0.05, 0.1) is 5.56 Å². The molecule has 1 aliphatic carbocycles. The minimum Gasteiger partial charge on any atom is -0.507 e. The number of aromatic amines is 1. The molecule has 1 aromatic heterocycles. The summed E-state index contributed by atoms with van der Waals surface area (Å²) in [6, 6.07) is 4.62. The van der Waals surface area contributed by atoms with Crippen LogP contribution in [0.3, 0.4) is 0 Å². The molecule has 0 spiro atoms. The van der Waals surface area contributed by atoms with Crippen molar-refractivity contribution in [3.63, 3.8) is 0 Å². The first kappa shape index (κ1) is 21.4. The third-order valence-corrected chi connectivity index (χ3v) is 5.06. The molecule has 0 saturated heterocycles. The van der Waals surface area contributed by atoms with Gasteiger partial charge in [-0.05, 0) is 57.7 Å². The summed E-state index contributed by atoms with van der Waals surface area (Å²) >= 11 is 0. The first-order valence-electron chi connectivity index (χ1n) is 9.89. The number of H-pyrrole nitrogens is 1. The fourth-order valence-electron chi connectivity index (χ4n) is 3.58. The summed E-state index contributed by atoms with van der Waals surface area (Å²) in [7, 11) is 0. The van der Waals surface area contributed by atoms with Crippen LogP contribution >= 0.6 is 0 Å². The number of rotatable bonds is 6. The second-order valence-electron chi connectivity index (χ2n) is 7.85. The molecule has 0 aliphatic heterocycles. The van der Waals surface area contributed by atoms with Crippen LogP contribution in [-0.4, -0.2) is 45.7 Å². The van der Waals surface area contributed by atoms with E-state index in [1.165, 1.54) is 12.1 Å². The lowest BCUT2D eigenvalue weighted by Crippen LogP contribution is -2.33. The van der Waals surface area contributed by atoms with E-state index in [-0.39, 0.29) is 34.9 Å². The van der Waals surface area contributed by atoms with Gasteiger partial charge in [0, 0.05) is 29.3 Å². The molecular formula is C21H26N4O5. The molecule has 160 valence electrons. The summed E-state index contributed by atoms with van der Waals surface area (Å²) in [4.78, 5) is 35.3. The number of aromatic nitrogens is 2. The number of aryl methyl sites for hydroxylation is 1. The Balaban J connectivity index is 1.61. The average molecular weight is 414 g/mol. The molecule has 1 fully saturated rings. The van der Waals surface area contributed by atoms with Crippen LogP contribution in [0.2, 0.25) is 0 Å². The second kappa shape index (κ2) is 8.98. The van der Waals surface area contributed by atoms with E-state index in [2.05, 4.69) is 20.8 Å². The van der Waals surface area contributed by atoms with Crippen LogP contribution < -0.4 is 10.6 Å². The lowest BCUT2D eigenvalue weighted by Gasteiger charge is -2.14. The monoisotopic (exact) mass is 414 g/mol. The zero-order chi connectivity index (χ0) is 21.8. The Hall–Kier alpha value is -3.36. The van der Waals surface area contributed by atoms with Crippen molar-refractivity contribution < 1.29 is 24.2 Å². The van der Waals surface area contributed by atoms with Crippen LogP contribution in [0.25, 0.3) is 0 Å². The molecule has 0 bridgehead atoms. The van der Waals surface area contributed by atoms with E-state index in [1.807, 2.05) is 13.8 Å². The van der Waals surface area contributed by atoms with Crippen LogP contribution in [0.4, 0.5) is 10.6 Å². The summed E-state index contributed by atoms with van der Waals surface area (Å²) in [5.74, 6) is -0.0613. The number of phenols is 1. The number of carbonyl (C=O) groups is 3. The molecule has 1 aromatic carbocycles. The maximum atomic E-state index is 12.5. The SMILES string of the molecule is Cc1cc(C(=O)Nc2cc([C@H]3CC[C@@H](OC(=O)NC(C)C)C3)[nH]n2)cc(C=O)c1O. The van der Waals surface area contributed by atoms with E-state index in [4.69, 9.17) is 4.74 Å². The van der Waals surface area contributed by atoms with Gasteiger partial charge in [-0.25, -0.2) is 4.79 Å². The Morgan fingerprint density at radius 3 is 2.77 bits per heavy atom. The molecule has 9 nitrogen and oxygen atoms in total. The van der Waals surface area contributed by atoms with Crippen LogP contribution in [0.1, 0.15) is 71.0 Å². The highest BCUT2D eigenvalue weighted by Crippen LogP contribution is 2.36. The van der Waals surface area contributed by atoms with E-state index in [1.54, 1.807) is 13.0 Å². The van der Waals surface area contributed by atoms with Crippen molar-refractivity contribution in [1.82, 2.24) is 15.5 Å². The third-order valence-electron chi connectivity index (χ3n) is 5.06. The minimum atomic E-state index is -0.433. The Labute approximate surface area is 174 Å².